The van der Waals surface area contributed by atoms with Gasteiger partial charge in [-0.25, -0.2) is 0 Å². The summed E-state index contributed by atoms with van der Waals surface area (Å²) >= 11 is 0. The molecule has 0 aromatic heterocycles. The molecule has 0 aromatic carbocycles. The zero-order valence-corrected chi connectivity index (χ0v) is 8.14. The van der Waals surface area contributed by atoms with E-state index in [1.54, 1.807) is 0 Å². The van der Waals surface area contributed by atoms with E-state index in [0.717, 1.165) is 0 Å². The highest BCUT2D eigenvalue weighted by Gasteiger charge is 2.12. The van der Waals surface area contributed by atoms with Crippen molar-refractivity contribution in [1.82, 2.24) is 0 Å². The SMILES string of the molecule is CC(C)C(O)/C=C(\O)C(O)CCN. The third kappa shape index (κ3) is 4.87. The molecule has 0 bridgehead atoms. The van der Waals surface area contributed by atoms with Crippen molar-refractivity contribution in [2.24, 2.45) is 11.7 Å². The van der Waals surface area contributed by atoms with E-state index in [0.29, 0.717) is 13.0 Å². The van der Waals surface area contributed by atoms with Gasteiger partial charge >= 0.3 is 0 Å². The topological polar surface area (TPSA) is 86.7 Å². The average Bonchev–Trinajstić information content (AvgIpc) is 2.04. The number of rotatable bonds is 5. The third-order valence-corrected chi connectivity index (χ3v) is 1.81. The van der Waals surface area contributed by atoms with Crippen LogP contribution in [-0.2, 0) is 0 Å². The molecule has 0 radical (unpaired) electrons. The molecule has 4 nitrogen and oxygen atoms in total. The molecule has 0 saturated carbocycles. The van der Waals surface area contributed by atoms with Crippen LogP contribution < -0.4 is 5.73 Å². The number of hydrogen-bond acceptors (Lipinski definition) is 4. The molecule has 0 fully saturated rings. The Morgan fingerprint density at radius 2 is 1.92 bits per heavy atom. The van der Waals surface area contributed by atoms with Crippen molar-refractivity contribution in [2.75, 3.05) is 6.54 Å². The predicted octanol–water partition coefficient (Wildman–Crippen LogP) is 0.155. The number of nitrogens with two attached hydrogens (primary N) is 1. The molecule has 0 saturated heterocycles. The van der Waals surface area contributed by atoms with E-state index in [4.69, 9.17) is 5.73 Å². The van der Waals surface area contributed by atoms with Gasteiger partial charge in [-0.15, -0.1) is 0 Å². The summed E-state index contributed by atoms with van der Waals surface area (Å²) in [4.78, 5) is 0. The van der Waals surface area contributed by atoms with Crippen molar-refractivity contribution in [3.63, 3.8) is 0 Å². The van der Waals surface area contributed by atoms with E-state index in [2.05, 4.69) is 0 Å². The standard InChI is InChI=1S/C9H19NO3/c1-6(2)8(12)5-9(13)7(11)3-4-10/h5-8,11-13H,3-4,10H2,1-2H3/b9-5-. The molecule has 4 heteroatoms. The molecular formula is C9H19NO3. The van der Waals surface area contributed by atoms with E-state index in [1.807, 2.05) is 13.8 Å². The summed E-state index contributed by atoms with van der Waals surface area (Å²) < 4.78 is 0. The summed E-state index contributed by atoms with van der Waals surface area (Å²) in [5.74, 6) is -0.182. The zero-order valence-electron chi connectivity index (χ0n) is 8.14. The fourth-order valence-corrected chi connectivity index (χ4v) is 0.784. The lowest BCUT2D eigenvalue weighted by Crippen LogP contribution is -2.19. The van der Waals surface area contributed by atoms with Crippen molar-refractivity contribution in [3.8, 4) is 0 Å². The van der Waals surface area contributed by atoms with Crippen LogP contribution >= 0.6 is 0 Å². The Hall–Kier alpha value is -0.580. The van der Waals surface area contributed by atoms with Crippen molar-refractivity contribution < 1.29 is 15.3 Å². The maximum Gasteiger partial charge on any atom is 0.119 e. The maximum atomic E-state index is 9.34. The van der Waals surface area contributed by atoms with Crippen LogP contribution in [0.2, 0.25) is 0 Å². The molecule has 0 rings (SSSR count). The van der Waals surface area contributed by atoms with Crippen LogP contribution in [0.4, 0.5) is 0 Å². The van der Waals surface area contributed by atoms with Gasteiger partial charge in [-0.05, 0) is 25.0 Å². The number of aliphatic hydroxyl groups excluding tert-OH is 3. The second-order valence-corrected chi connectivity index (χ2v) is 3.42. The molecule has 2 atom stereocenters. The van der Waals surface area contributed by atoms with Gasteiger partial charge in [-0.1, -0.05) is 13.8 Å². The summed E-state index contributed by atoms with van der Waals surface area (Å²) in [6.07, 6.45) is -0.135. The fourth-order valence-electron chi connectivity index (χ4n) is 0.784. The highest BCUT2D eigenvalue weighted by Crippen LogP contribution is 2.08. The molecule has 0 spiro atoms. The molecule has 13 heavy (non-hydrogen) atoms. The Kier molecular flexibility index (Phi) is 5.70. The van der Waals surface area contributed by atoms with E-state index in [-0.39, 0.29) is 11.7 Å². The van der Waals surface area contributed by atoms with Crippen molar-refractivity contribution in [1.29, 1.82) is 0 Å². The van der Waals surface area contributed by atoms with Gasteiger partial charge in [0.25, 0.3) is 0 Å². The molecule has 78 valence electrons. The zero-order chi connectivity index (χ0) is 10.4. The monoisotopic (exact) mass is 189 g/mol. The van der Waals surface area contributed by atoms with E-state index in [9.17, 15) is 15.3 Å². The summed E-state index contributed by atoms with van der Waals surface area (Å²) in [7, 11) is 0. The highest BCUT2D eigenvalue weighted by molar-refractivity contribution is 5.02. The van der Waals surface area contributed by atoms with Gasteiger partial charge in [0.15, 0.2) is 0 Å². The van der Waals surface area contributed by atoms with E-state index >= 15 is 0 Å². The van der Waals surface area contributed by atoms with Crippen molar-refractivity contribution in [2.45, 2.75) is 32.5 Å². The molecule has 0 aliphatic rings. The predicted molar refractivity (Wildman–Crippen MR) is 51.2 cm³/mol. The van der Waals surface area contributed by atoms with Gasteiger partial charge in [-0.3, -0.25) is 0 Å². The van der Waals surface area contributed by atoms with Gasteiger partial charge in [-0.2, -0.15) is 0 Å². The molecule has 0 aliphatic heterocycles. The Morgan fingerprint density at radius 3 is 2.31 bits per heavy atom. The number of aliphatic hydroxyl groups is 3. The van der Waals surface area contributed by atoms with Crippen molar-refractivity contribution in [3.05, 3.63) is 11.8 Å². The van der Waals surface area contributed by atoms with Crippen LogP contribution in [0.25, 0.3) is 0 Å². The molecule has 0 amide bonds. The lowest BCUT2D eigenvalue weighted by molar-refractivity contribution is 0.129. The third-order valence-electron chi connectivity index (χ3n) is 1.81. The first-order valence-corrected chi connectivity index (χ1v) is 4.46. The second-order valence-electron chi connectivity index (χ2n) is 3.42. The lowest BCUT2D eigenvalue weighted by Gasteiger charge is -2.13. The Labute approximate surface area is 78.7 Å². The summed E-state index contributed by atoms with van der Waals surface area (Å²) in [6, 6.07) is 0. The average molecular weight is 189 g/mol. The molecule has 5 N–H and O–H groups in total. The van der Waals surface area contributed by atoms with Gasteiger partial charge < -0.3 is 21.1 Å². The second kappa shape index (κ2) is 5.96. The largest absolute Gasteiger partial charge is 0.510 e. The fraction of sp³-hybridized carbons (Fsp3) is 0.778. The van der Waals surface area contributed by atoms with Gasteiger partial charge in [0.2, 0.25) is 0 Å². The smallest absolute Gasteiger partial charge is 0.119 e. The van der Waals surface area contributed by atoms with Crippen LogP contribution in [-0.4, -0.2) is 34.1 Å². The van der Waals surface area contributed by atoms with Gasteiger partial charge in [0.1, 0.15) is 11.9 Å². The molecular weight excluding hydrogens is 170 g/mol. The summed E-state index contributed by atoms with van der Waals surface area (Å²) in [5, 5.41) is 27.8. The van der Waals surface area contributed by atoms with E-state index < -0.39 is 12.2 Å². The first-order chi connectivity index (χ1) is 5.99. The molecule has 2 unspecified atom stereocenters. The normalized spacial score (nSPS) is 17.5. The first kappa shape index (κ1) is 12.4. The summed E-state index contributed by atoms with van der Waals surface area (Å²) in [5.41, 5.74) is 5.20. The highest BCUT2D eigenvalue weighted by atomic mass is 16.3. The minimum absolute atomic E-state index is 0.0206. The van der Waals surface area contributed by atoms with Crippen LogP contribution in [0.15, 0.2) is 11.8 Å². The quantitative estimate of drug-likeness (QED) is 0.464. The van der Waals surface area contributed by atoms with Gasteiger partial charge in [0, 0.05) is 0 Å². The van der Waals surface area contributed by atoms with Crippen molar-refractivity contribution >= 4 is 0 Å². The van der Waals surface area contributed by atoms with Gasteiger partial charge in [0.05, 0.1) is 6.10 Å². The molecule has 0 aliphatic carbocycles. The number of hydrogen-bond donors (Lipinski definition) is 4. The Bertz CT molecular complexity index is 168. The lowest BCUT2D eigenvalue weighted by atomic mass is 10.1. The first-order valence-electron chi connectivity index (χ1n) is 4.46. The van der Waals surface area contributed by atoms with Crippen LogP contribution in [0.3, 0.4) is 0 Å². The van der Waals surface area contributed by atoms with Crippen LogP contribution in [0, 0.1) is 5.92 Å². The summed E-state index contributed by atoms with van der Waals surface area (Å²) in [6.45, 7) is 3.95. The Balaban J connectivity index is 4.13. The molecule has 0 heterocycles. The van der Waals surface area contributed by atoms with Crippen LogP contribution in [0.1, 0.15) is 20.3 Å². The van der Waals surface area contributed by atoms with E-state index in [1.165, 1.54) is 6.08 Å². The minimum atomic E-state index is -0.960. The minimum Gasteiger partial charge on any atom is -0.510 e. The Morgan fingerprint density at radius 1 is 1.38 bits per heavy atom. The maximum absolute atomic E-state index is 9.34. The molecule has 0 aromatic rings. The van der Waals surface area contributed by atoms with Crippen LogP contribution in [0.5, 0.6) is 0 Å².